The number of nitrogens with two attached hydrogens (primary N) is 5. The van der Waals surface area contributed by atoms with Crippen molar-refractivity contribution in [1.82, 2.24) is 99.8 Å². The van der Waals surface area contributed by atoms with Crippen LogP contribution in [-0.2, 0) is 78.5 Å². The molecule has 47 heteroatoms. The SMILES string of the molecule is C.CCOC(=O)c1cnc(Br)c(Br)c1.CCOC(=O)c1cnc(CC)c(Br)c1.CCc1ncc(-c2n[nH]c(=O)o2)cc1Br.CCc1ncc(-c2nn(C)c(=O)o2)cc1-c1cnc(N)cn1.CCc1ncc(-c2nn(C)c(=O)o2)cc1B1OC(C)(C)C(C)(C)O1.CCc1ncc(-c2nn(C)c(=O)o2)cc1Br.CCc1ncc(C(=O)NN)cc1Br.Cc1cnc(N)cn1.NN. The number of nitrogen functional groups attached to an aromatic ring is 3. The third-order valence-corrected chi connectivity index (χ3v) is 22.1. The highest BCUT2D eigenvalue weighted by atomic mass is 79.9. The summed E-state index contributed by atoms with van der Waals surface area (Å²) in [5.41, 5.74) is 24.6. The molecule has 682 valence electrons. The van der Waals surface area contributed by atoms with Crippen LogP contribution in [0, 0.1) is 6.92 Å². The number of nitrogens with one attached hydrogen (secondary N) is 2. The lowest BCUT2D eigenvalue weighted by molar-refractivity contribution is 0.00578. The van der Waals surface area contributed by atoms with E-state index >= 15 is 0 Å². The minimum absolute atomic E-state index is 0. The molecule has 12 N–H and O–H groups in total. The minimum Gasteiger partial charge on any atom is -0.462 e. The van der Waals surface area contributed by atoms with Crippen LogP contribution in [0.5, 0.6) is 0 Å². The van der Waals surface area contributed by atoms with E-state index in [4.69, 9.17) is 53.8 Å². The molecule has 13 aromatic rings. The zero-order chi connectivity index (χ0) is 94.2. The van der Waals surface area contributed by atoms with Gasteiger partial charge in [0, 0.05) is 105 Å². The first kappa shape index (κ1) is 107. The van der Waals surface area contributed by atoms with Crippen LogP contribution in [0.3, 0.4) is 0 Å². The Hall–Kier alpha value is -11.3. The zero-order valence-corrected chi connectivity index (χ0v) is 81.5. The van der Waals surface area contributed by atoms with Gasteiger partial charge in [0.15, 0.2) is 0 Å². The standard InChI is InChI=1S/C16H22BN3O4.C14H14N6O2.C10H10BrN3O2.C10H12BrNO2.C9H8BrN3O2.C8H7Br2NO2.C8H10BrN3O.C5H7N3.CH4.H4N2/c1-7-12-11(17-23-15(2,3)16(4,5)24-17)8-10(9-18-12)13-19-20(6)14(21)22-13;1-3-10-9(11-6-18-12(15)7-17-11)4-8(5-16-10)13-19-20(2)14(21)22-13;1-3-8-7(11)4-6(5-12-8)9-13-14(2)10(15)16-9;1-3-9-8(11)5-7(6-12-9)10(13)14-4-2;1-2-7-6(10)3-5(4-11-7)8-12-13-9(14)15-8;1-2-13-8(12)5-3-6(9)7(10)11-4-5;1-2-7-6(9)3-5(4-11-7)8(13)12-10;1-4-2-8-5(6)3-7-4;;1-2/h8-9H,7H2,1-6H3;4-7H,3H2,1-2H3,(H2,15,18);4-5H,3H2,1-2H3;5-6H,3-4H2,1-2H3;3-4H,2H2,1H3,(H,13,14);3-4H,2H2,1H3;3-4H,2,10H2,1H3,(H,12,13);2-3H,1H3,(H2,6,8);1H4;1-2H2. The van der Waals surface area contributed by atoms with Gasteiger partial charge in [0.1, 0.15) is 16.2 Å². The second-order valence-corrected chi connectivity index (χ2v) is 31.9. The summed E-state index contributed by atoms with van der Waals surface area (Å²) >= 11 is 19.9. The first-order valence-corrected chi connectivity index (χ1v) is 43.3. The molecule has 14 heterocycles. The molecular weight excluding hydrogens is 2050 g/mol. The topological polar surface area (TPSA) is 575 Å². The molecule has 1 amide bonds. The highest BCUT2D eigenvalue weighted by Crippen LogP contribution is 2.37. The normalized spacial score (nSPS) is 11.7. The Morgan fingerprint density at radius 3 is 1.16 bits per heavy atom. The summed E-state index contributed by atoms with van der Waals surface area (Å²) in [6.45, 7) is 26.3. The molecule has 0 aromatic carbocycles. The van der Waals surface area contributed by atoms with E-state index in [2.05, 4.69) is 188 Å². The van der Waals surface area contributed by atoms with E-state index in [0.717, 1.165) is 126 Å². The fourth-order valence-corrected chi connectivity index (χ4v) is 13.3. The molecule has 0 radical (unpaired) electrons. The number of hydrogen-bond donors (Lipinski definition) is 7. The monoisotopic (exact) mass is 2150 g/mol. The van der Waals surface area contributed by atoms with Crippen LogP contribution in [0.15, 0.2) is 174 Å². The summed E-state index contributed by atoms with van der Waals surface area (Å²) in [4.78, 5) is 124. The van der Waals surface area contributed by atoms with Crippen molar-refractivity contribution in [2.75, 3.05) is 24.7 Å². The summed E-state index contributed by atoms with van der Waals surface area (Å²) in [7, 11) is 4.08. The van der Waals surface area contributed by atoms with E-state index in [-0.39, 0.29) is 48.8 Å². The molecule has 0 atom stereocenters. The van der Waals surface area contributed by atoms with Crippen molar-refractivity contribution < 1.29 is 50.8 Å². The fourth-order valence-electron chi connectivity index (χ4n) is 10.3. The average molecular weight is 2150 g/mol. The van der Waals surface area contributed by atoms with Crippen LogP contribution in [0.1, 0.15) is 161 Å². The van der Waals surface area contributed by atoms with E-state index in [0.29, 0.717) is 74.1 Å². The molecule has 0 bridgehead atoms. The quantitative estimate of drug-likeness (QED) is 0.0111. The van der Waals surface area contributed by atoms with Gasteiger partial charge in [-0.2, -0.15) is 14.0 Å². The number of esters is 2. The van der Waals surface area contributed by atoms with Crippen molar-refractivity contribution in [2.45, 2.75) is 147 Å². The van der Waals surface area contributed by atoms with Crippen LogP contribution in [0.4, 0.5) is 11.6 Å². The molecule has 0 aliphatic carbocycles. The molecule has 0 saturated carbocycles. The van der Waals surface area contributed by atoms with Gasteiger partial charge >= 0.3 is 42.1 Å². The Morgan fingerprint density at radius 1 is 0.445 bits per heavy atom. The van der Waals surface area contributed by atoms with Crippen LogP contribution in [0.25, 0.3) is 57.1 Å². The van der Waals surface area contributed by atoms with Gasteiger partial charge in [-0.1, -0.05) is 49.0 Å². The van der Waals surface area contributed by atoms with Gasteiger partial charge in [-0.05, 0) is 225 Å². The average Bonchev–Trinajstić information content (AvgIpc) is 1.61. The van der Waals surface area contributed by atoms with Gasteiger partial charge in [-0.3, -0.25) is 61.8 Å². The van der Waals surface area contributed by atoms with Gasteiger partial charge in [0.25, 0.3) is 29.5 Å². The number of pyridine rings is 7. The lowest BCUT2D eigenvalue weighted by Crippen LogP contribution is -2.41. The van der Waals surface area contributed by atoms with Crippen molar-refractivity contribution in [3.8, 4) is 57.1 Å². The number of aromatic nitrogens is 19. The third kappa shape index (κ3) is 30.7. The largest absolute Gasteiger partial charge is 0.496 e. The summed E-state index contributed by atoms with van der Waals surface area (Å²) in [6, 6.07) is 12.5. The summed E-state index contributed by atoms with van der Waals surface area (Å²) < 4.78 is 50.2. The number of hydrogen-bond acceptors (Lipinski definition) is 35. The van der Waals surface area contributed by atoms with Crippen molar-refractivity contribution in [2.24, 2.45) is 38.7 Å². The zero-order valence-electron chi connectivity index (χ0n) is 72.0. The summed E-state index contributed by atoms with van der Waals surface area (Å²) in [5.74, 6) is 11.7. The highest BCUT2D eigenvalue weighted by Gasteiger charge is 2.52. The molecule has 1 aliphatic rings. The molecule has 0 spiro atoms. The number of H-pyrrole nitrogens is 1. The predicted molar refractivity (Wildman–Crippen MR) is 501 cm³/mol. The number of amides is 1. The number of carbonyl (C=O) groups is 3. The number of hydrazine groups is 2. The lowest BCUT2D eigenvalue weighted by atomic mass is 9.76. The second-order valence-electron chi connectivity index (χ2n) is 26.9. The molecule has 14 rings (SSSR count). The van der Waals surface area contributed by atoms with Gasteiger partial charge in [-0.15, -0.1) is 20.4 Å². The first-order valence-electron chi connectivity index (χ1n) is 38.6. The number of ether oxygens (including phenoxy) is 2. The Morgan fingerprint density at radius 2 is 0.812 bits per heavy atom. The van der Waals surface area contributed by atoms with Crippen molar-refractivity contribution in [3.63, 3.8) is 0 Å². The van der Waals surface area contributed by atoms with E-state index in [1.807, 2.05) is 106 Å². The number of nitrogens with zero attached hydrogens (tertiary/aromatic N) is 18. The van der Waals surface area contributed by atoms with E-state index in [9.17, 15) is 33.6 Å². The number of aryl methyl sites for hydroxylation is 10. The van der Waals surface area contributed by atoms with Gasteiger partial charge in [0.05, 0.1) is 127 Å². The number of carbonyl (C=O) groups excluding carboxylic acids is 3. The molecule has 128 heavy (non-hydrogen) atoms. The van der Waals surface area contributed by atoms with Crippen LogP contribution < -0.4 is 62.9 Å². The fraction of sp³-hybridized carbons (Fsp3) is 0.333. The molecule has 40 nitrogen and oxygen atoms in total. The molecule has 0 unspecified atom stereocenters. The van der Waals surface area contributed by atoms with Crippen molar-refractivity contribution in [1.29, 1.82) is 0 Å². The Kier molecular flexibility index (Phi) is 43.3. The van der Waals surface area contributed by atoms with E-state index < -0.39 is 41.3 Å². The van der Waals surface area contributed by atoms with Crippen LogP contribution in [-0.4, -0.2) is 144 Å². The molecule has 13 aromatic heterocycles. The first-order chi connectivity index (χ1) is 60.3. The second kappa shape index (κ2) is 51.7. The predicted octanol–water partition coefficient (Wildman–Crippen LogP) is 12.0. The lowest BCUT2D eigenvalue weighted by Gasteiger charge is -2.32. The maximum absolute atomic E-state index is 11.5. The van der Waals surface area contributed by atoms with E-state index in [1.54, 1.807) is 75.4 Å². The smallest absolute Gasteiger partial charge is 0.462 e. The van der Waals surface area contributed by atoms with E-state index in [1.165, 1.54) is 45.9 Å². The molecular formula is C81H98BBr6N25O15. The highest BCUT2D eigenvalue weighted by molar-refractivity contribution is 9.13. The Balaban J connectivity index is 0.000000263. The van der Waals surface area contributed by atoms with Gasteiger partial charge in [-0.25, -0.2) is 54.7 Å². The van der Waals surface area contributed by atoms with Crippen molar-refractivity contribution in [3.05, 3.63) is 236 Å². The Bertz CT molecular complexity index is 6050. The van der Waals surface area contributed by atoms with Crippen LogP contribution in [0.2, 0.25) is 0 Å². The molecule has 1 fully saturated rings. The number of rotatable bonds is 17. The summed E-state index contributed by atoms with van der Waals surface area (Å²) in [5, 5.41) is 18.0. The van der Waals surface area contributed by atoms with Gasteiger partial charge < -0.3 is 47.9 Å². The number of aromatic amines is 1. The van der Waals surface area contributed by atoms with Crippen LogP contribution >= 0.6 is 95.6 Å². The molecule has 1 aliphatic heterocycles. The van der Waals surface area contributed by atoms with Gasteiger partial charge in [0.2, 0.25) is 0 Å². The maximum atomic E-state index is 11.5. The Labute approximate surface area is 786 Å². The minimum atomic E-state index is -0.569. The molecule has 1 saturated heterocycles. The third-order valence-electron chi connectivity index (χ3n) is 17.6. The summed E-state index contributed by atoms with van der Waals surface area (Å²) in [6.07, 6.45) is 22.1. The van der Waals surface area contributed by atoms with Crippen molar-refractivity contribution >= 4 is 138 Å². The number of anilines is 2. The maximum Gasteiger partial charge on any atom is 0.496 e. The number of halogens is 6.